The topological polar surface area (TPSA) is 44.8 Å². The van der Waals surface area contributed by atoms with Crippen molar-refractivity contribution in [3.8, 4) is 17.2 Å². The molecule has 0 radical (unpaired) electrons. The lowest BCUT2D eigenvalue weighted by Gasteiger charge is -2.22. The van der Waals surface area contributed by atoms with E-state index in [4.69, 9.17) is 14.2 Å². The normalized spacial score (nSPS) is 12.1. The molecule has 0 saturated carbocycles. The summed E-state index contributed by atoms with van der Waals surface area (Å²) >= 11 is 0. The van der Waals surface area contributed by atoms with Gasteiger partial charge in [0.25, 0.3) is 0 Å². The minimum atomic E-state index is -4.38. The third-order valence-corrected chi connectivity index (χ3v) is 3.53. The van der Waals surface area contributed by atoms with Crippen molar-refractivity contribution >= 4 is 5.97 Å². The predicted molar refractivity (Wildman–Crippen MR) is 98.4 cm³/mol. The zero-order valence-electron chi connectivity index (χ0n) is 15.7. The molecule has 0 unspecified atom stereocenters. The summed E-state index contributed by atoms with van der Waals surface area (Å²) < 4.78 is 53.9. The maximum atomic E-state index is 12.6. The minimum Gasteiger partial charge on any atom is -0.484 e. The Balaban J connectivity index is 1.98. The number of rotatable bonds is 7. The van der Waals surface area contributed by atoms with Crippen LogP contribution in [0.25, 0.3) is 0 Å². The van der Waals surface area contributed by atoms with Crippen LogP contribution in [-0.2, 0) is 15.7 Å². The molecule has 0 amide bonds. The second kappa shape index (κ2) is 8.82. The van der Waals surface area contributed by atoms with Gasteiger partial charge in [0.05, 0.1) is 12.2 Å². The number of esters is 1. The van der Waals surface area contributed by atoms with E-state index in [1.165, 1.54) is 18.2 Å². The second-order valence-electron chi connectivity index (χ2n) is 6.39. The van der Waals surface area contributed by atoms with Crippen LogP contribution in [0.1, 0.15) is 26.3 Å². The van der Waals surface area contributed by atoms with Crippen LogP contribution in [-0.4, -0.2) is 18.2 Å². The summed E-state index contributed by atoms with van der Waals surface area (Å²) in [5, 5.41) is 0. The molecule has 0 aliphatic heterocycles. The Morgan fingerprint density at radius 3 is 1.93 bits per heavy atom. The number of carbonyl (C=O) groups excluding carboxylic acids is 1. The summed E-state index contributed by atoms with van der Waals surface area (Å²) in [6.07, 6.45) is -1.48. The van der Waals surface area contributed by atoms with Crippen molar-refractivity contribution in [3.63, 3.8) is 0 Å². The van der Waals surface area contributed by atoms with Crippen LogP contribution < -0.4 is 9.47 Å². The number of halogens is 3. The summed E-state index contributed by atoms with van der Waals surface area (Å²) in [4.78, 5) is 11.4. The molecule has 28 heavy (non-hydrogen) atoms. The molecule has 7 heteroatoms. The molecular formula is C21H21F3O4. The van der Waals surface area contributed by atoms with E-state index >= 15 is 0 Å². The van der Waals surface area contributed by atoms with Gasteiger partial charge in [-0.05, 0) is 75.4 Å². The van der Waals surface area contributed by atoms with E-state index in [0.717, 1.165) is 12.1 Å². The van der Waals surface area contributed by atoms with Crippen molar-refractivity contribution in [2.75, 3.05) is 6.61 Å². The number of ether oxygens (including phenoxy) is 3. The fourth-order valence-corrected chi connectivity index (χ4v) is 2.22. The van der Waals surface area contributed by atoms with E-state index < -0.39 is 23.3 Å². The standard InChI is InChI=1S/C21H21F3O4/c1-4-26-19(25)13-14-20(2,3)28-18-11-9-17(10-12-18)27-16-7-5-15(6-8-16)21(22,23)24/h5-14H,4H2,1-3H3. The van der Waals surface area contributed by atoms with Crippen LogP contribution in [0.5, 0.6) is 17.2 Å². The molecule has 0 aromatic heterocycles. The predicted octanol–water partition coefficient (Wildman–Crippen LogP) is 5.77. The van der Waals surface area contributed by atoms with Crippen LogP contribution in [0.15, 0.2) is 60.7 Å². The number of hydrogen-bond donors (Lipinski definition) is 0. The van der Waals surface area contributed by atoms with Crippen LogP contribution in [0.4, 0.5) is 13.2 Å². The highest BCUT2D eigenvalue weighted by Crippen LogP contribution is 2.32. The molecule has 2 rings (SSSR count). The molecule has 0 saturated heterocycles. The summed E-state index contributed by atoms with van der Waals surface area (Å²) in [6, 6.07) is 11.1. The van der Waals surface area contributed by atoms with E-state index in [-0.39, 0.29) is 0 Å². The molecule has 0 bridgehead atoms. The Labute approximate surface area is 161 Å². The van der Waals surface area contributed by atoms with Gasteiger partial charge in [-0.3, -0.25) is 0 Å². The fraction of sp³-hybridized carbons (Fsp3) is 0.286. The first-order valence-electron chi connectivity index (χ1n) is 8.59. The van der Waals surface area contributed by atoms with Crippen molar-refractivity contribution in [3.05, 3.63) is 66.2 Å². The lowest BCUT2D eigenvalue weighted by Crippen LogP contribution is -2.25. The van der Waals surface area contributed by atoms with Crippen molar-refractivity contribution in [2.45, 2.75) is 32.5 Å². The molecule has 2 aromatic carbocycles. The first-order chi connectivity index (χ1) is 13.1. The zero-order chi connectivity index (χ0) is 20.8. The van der Waals surface area contributed by atoms with Gasteiger partial charge in [0.2, 0.25) is 0 Å². The van der Waals surface area contributed by atoms with Gasteiger partial charge in [-0.25, -0.2) is 4.79 Å². The molecule has 0 aliphatic rings. The fourth-order valence-electron chi connectivity index (χ4n) is 2.22. The van der Waals surface area contributed by atoms with Gasteiger partial charge in [0.1, 0.15) is 22.8 Å². The molecule has 2 aromatic rings. The lowest BCUT2D eigenvalue weighted by molar-refractivity contribution is -0.138. The summed E-state index contributed by atoms with van der Waals surface area (Å²) in [5.41, 5.74) is -1.48. The smallest absolute Gasteiger partial charge is 0.416 e. The molecule has 150 valence electrons. The molecular weight excluding hydrogens is 373 g/mol. The van der Waals surface area contributed by atoms with Crippen LogP contribution in [0.3, 0.4) is 0 Å². The first-order valence-corrected chi connectivity index (χ1v) is 8.59. The van der Waals surface area contributed by atoms with E-state index in [0.29, 0.717) is 23.9 Å². The molecule has 0 N–H and O–H groups in total. The Morgan fingerprint density at radius 1 is 0.929 bits per heavy atom. The van der Waals surface area contributed by atoms with E-state index in [9.17, 15) is 18.0 Å². The van der Waals surface area contributed by atoms with Crippen molar-refractivity contribution in [1.29, 1.82) is 0 Å². The Kier molecular flexibility index (Phi) is 6.72. The van der Waals surface area contributed by atoms with E-state index in [1.54, 1.807) is 51.1 Å². The van der Waals surface area contributed by atoms with Crippen molar-refractivity contribution in [1.82, 2.24) is 0 Å². The molecule has 0 fully saturated rings. The van der Waals surface area contributed by atoms with Gasteiger partial charge in [0, 0.05) is 6.08 Å². The Bertz CT molecular complexity index is 807. The van der Waals surface area contributed by atoms with Gasteiger partial charge >= 0.3 is 12.1 Å². The Hall–Kier alpha value is -2.96. The Morgan fingerprint density at radius 2 is 1.43 bits per heavy atom. The largest absolute Gasteiger partial charge is 0.484 e. The molecule has 0 aliphatic carbocycles. The molecule has 0 heterocycles. The van der Waals surface area contributed by atoms with Crippen LogP contribution >= 0.6 is 0 Å². The van der Waals surface area contributed by atoms with E-state index in [1.807, 2.05) is 0 Å². The quantitative estimate of drug-likeness (QED) is 0.441. The maximum Gasteiger partial charge on any atom is 0.416 e. The summed E-state index contributed by atoms with van der Waals surface area (Å²) in [6.45, 7) is 5.59. The van der Waals surface area contributed by atoms with Gasteiger partial charge in [-0.1, -0.05) is 0 Å². The number of alkyl halides is 3. The summed E-state index contributed by atoms with van der Waals surface area (Å²) in [5.74, 6) is 0.837. The third kappa shape index (κ3) is 6.64. The highest BCUT2D eigenvalue weighted by Gasteiger charge is 2.30. The number of hydrogen-bond acceptors (Lipinski definition) is 4. The monoisotopic (exact) mass is 394 g/mol. The highest BCUT2D eigenvalue weighted by atomic mass is 19.4. The zero-order valence-corrected chi connectivity index (χ0v) is 15.7. The average Bonchev–Trinajstić information content (AvgIpc) is 2.62. The number of carbonyl (C=O) groups is 1. The highest BCUT2D eigenvalue weighted by molar-refractivity contribution is 5.82. The van der Waals surface area contributed by atoms with Gasteiger partial charge in [-0.2, -0.15) is 13.2 Å². The van der Waals surface area contributed by atoms with Crippen LogP contribution in [0.2, 0.25) is 0 Å². The third-order valence-electron chi connectivity index (χ3n) is 3.53. The lowest BCUT2D eigenvalue weighted by atomic mass is 10.1. The van der Waals surface area contributed by atoms with Gasteiger partial charge < -0.3 is 14.2 Å². The average molecular weight is 394 g/mol. The van der Waals surface area contributed by atoms with Crippen molar-refractivity contribution < 1.29 is 32.2 Å². The minimum absolute atomic E-state index is 0.291. The maximum absolute atomic E-state index is 12.6. The van der Waals surface area contributed by atoms with Gasteiger partial charge in [0.15, 0.2) is 0 Å². The molecule has 0 spiro atoms. The van der Waals surface area contributed by atoms with Crippen LogP contribution in [0, 0.1) is 0 Å². The second-order valence-corrected chi connectivity index (χ2v) is 6.39. The van der Waals surface area contributed by atoms with E-state index in [2.05, 4.69) is 0 Å². The summed E-state index contributed by atoms with van der Waals surface area (Å²) in [7, 11) is 0. The first kappa shape index (κ1) is 21.3. The number of benzene rings is 2. The van der Waals surface area contributed by atoms with Crippen molar-refractivity contribution in [2.24, 2.45) is 0 Å². The molecule has 4 nitrogen and oxygen atoms in total. The van der Waals surface area contributed by atoms with Gasteiger partial charge in [-0.15, -0.1) is 0 Å². The SMILES string of the molecule is CCOC(=O)C=CC(C)(C)Oc1ccc(Oc2ccc(C(F)(F)F)cc2)cc1. The molecule has 0 atom stereocenters.